The normalized spacial score (nSPS) is 24.7. The Morgan fingerprint density at radius 1 is 0.824 bits per heavy atom. The number of hydrogen-bond donors (Lipinski definition) is 2. The number of hydrogen-bond acceptors (Lipinski definition) is 6. The Hall–Kier alpha value is -2.90. The van der Waals surface area contributed by atoms with Crippen LogP contribution in [0.1, 0.15) is 25.3 Å². The minimum absolute atomic E-state index is 0.0536. The molecule has 0 unspecified atom stereocenters. The van der Waals surface area contributed by atoms with Crippen LogP contribution < -0.4 is 9.47 Å². The van der Waals surface area contributed by atoms with Crippen molar-refractivity contribution >= 4 is 0 Å². The Morgan fingerprint density at radius 3 is 2.15 bits per heavy atom. The van der Waals surface area contributed by atoms with Crippen LogP contribution in [0.4, 0.5) is 0 Å². The molecule has 0 radical (unpaired) electrons. The average molecular weight is 465 g/mol. The first-order valence-corrected chi connectivity index (χ1v) is 11.6. The number of aliphatic hydroxyl groups excluding tert-OH is 2. The predicted octanol–water partition coefficient (Wildman–Crippen LogP) is 4.40. The van der Waals surface area contributed by atoms with Gasteiger partial charge in [0.2, 0.25) is 0 Å². The largest absolute Gasteiger partial charge is 0.491 e. The Morgan fingerprint density at radius 2 is 1.47 bits per heavy atom. The van der Waals surface area contributed by atoms with Crippen molar-refractivity contribution in [1.82, 2.24) is 0 Å². The molecule has 0 saturated carbocycles. The van der Waals surface area contributed by atoms with Gasteiger partial charge in [-0.25, -0.2) is 0 Å². The summed E-state index contributed by atoms with van der Waals surface area (Å²) >= 11 is 0. The van der Waals surface area contributed by atoms with Crippen molar-refractivity contribution in [3.05, 3.63) is 84.4 Å². The van der Waals surface area contributed by atoms with Crippen molar-refractivity contribution in [3.8, 4) is 22.6 Å². The minimum atomic E-state index is -1.21. The van der Waals surface area contributed by atoms with Gasteiger partial charge in [-0.1, -0.05) is 74.5 Å². The third-order valence-corrected chi connectivity index (χ3v) is 6.06. The Bertz CT molecular complexity index is 1030. The molecule has 6 heteroatoms. The van der Waals surface area contributed by atoms with Gasteiger partial charge in [0, 0.05) is 7.11 Å². The van der Waals surface area contributed by atoms with Crippen molar-refractivity contribution in [2.24, 2.45) is 0 Å². The fourth-order valence-electron chi connectivity index (χ4n) is 4.12. The van der Waals surface area contributed by atoms with Crippen molar-refractivity contribution in [1.29, 1.82) is 0 Å². The molecule has 4 rings (SSSR count). The van der Waals surface area contributed by atoms with Crippen LogP contribution in [-0.4, -0.2) is 54.6 Å². The first-order chi connectivity index (χ1) is 16.5. The van der Waals surface area contributed by atoms with E-state index in [9.17, 15) is 10.2 Å². The van der Waals surface area contributed by atoms with E-state index in [2.05, 4.69) is 13.8 Å². The Kier molecular flexibility index (Phi) is 7.85. The molecule has 180 valence electrons. The molecule has 3 aromatic carbocycles. The molecule has 2 N–H and O–H groups in total. The van der Waals surface area contributed by atoms with Gasteiger partial charge >= 0.3 is 0 Å². The lowest BCUT2D eigenvalue weighted by Gasteiger charge is -2.41. The molecule has 5 atom stereocenters. The maximum Gasteiger partial charge on any atom is 0.197 e. The highest BCUT2D eigenvalue weighted by molar-refractivity contribution is 5.63. The summed E-state index contributed by atoms with van der Waals surface area (Å²) in [6, 6.07) is 25.4. The fourth-order valence-corrected chi connectivity index (χ4v) is 4.12. The molecule has 1 aliphatic heterocycles. The zero-order valence-corrected chi connectivity index (χ0v) is 19.7. The van der Waals surface area contributed by atoms with Crippen LogP contribution in [0.5, 0.6) is 11.5 Å². The van der Waals surface area contributed by atoms with Crippen molar-refractivity contribution in [3.63, 3.8) is 0 Å². The van der Waals surface area contributed by atoms with E-state index in [-0.39, 0.29) is 12.5 Å². The highest BCUT2D eigenvalue weighted by Gasteiger charge is 2.46. The van der Waals surface area contributed by atoms with E-state index in [4.69, 9.17) is 18.9 Å². The van der Waals surface area contributed by atoms with E-state index >= 15 is 0 Å². The van der Waals surface area contributed by atoms with Gasteiger partial charge in [-0.3, -0.25) is 0 Å². The molecule has 0 aliphatic carbocycles. The van der Waals surface area contributed by atoms with Crippen LogP contribution in [-0.2, 0) is 9.47 Å². The topological polar surface area (TPSA) is 77.4 Å². The number of aliphatic hydroxyl groups is 2. The lowest BCUT2D eigenvalue weighted by Crippen LogP contribution is -2.61. The lowest BCUT2D eigenvalue weighted by molar-refractivity contribution is -0.287. The number of para-hydroxylation sites is 1. The molecule has 1 saturated heterocycles. The van der Waals surface area contributed by atoms with Crippen LogP contribution in [0.15, 0.2) is 78.9 Å². The van der Waals surface area contributed by atoms with Gasteiger partial charge in [0.05, 0.1) is 0 Å². The first kappa shape index (κ1) is 24.2. The molecule has 1 heterocycles. The van der Waals surface area contributed by atoms with E-state index in [0.29, 0.717) is 11.5 Å². The van der Waals surface area contributed by atoms with Gasteiger partial charge in [0.15, 0.2) is 12.4 Å². The summed E-state index contributed by atoms with van der Waals surface area (Å²) in [5.41, 5.74) is 3.21. The fraction of sp³-hybridized carbons (Fsp3) is 0.357. The number of ether oxygens (including phenoxy) is 4. The van der Waals surface area contributed by atoms with E-state index in [1.807, 2.05) is 78.9 Å². The van der Waals surface area contributed by atoms with Gasteiger partial charge in [-0.15, -0.1) is 0 Å². The van der Waals surface area contributed by atoms with E-state index < -0.39 is 30.7 Å². The molecule has 3 aromatic rings. The molecule has 0 bridgehead atoms. The van der Waals surface area contributed by atoms with Gasteiger partial charge in [-0.2, -0.15) is 0 Å². The summed E-state index contributed by atoms with van der Waals surface area (Å²) < 4.78 is 23.4. The van der Waals surface area contributed by atoms with Gasteiger partial charge in [0.25, 0.3) is 0 Å². The van der Waals surface area contributed by atoms with E-state index in [1.165, 1.54) is 7.11 Å². The van der Waals surface area contributed by atoms with Gasteiger partial charge in [-0.05, 0) is 40.8 Å². The molecule has 1 aliphatic rings. The second-order valence-electron chi connectivity index (χ2n) is 8.74. The summed E-state index contributed by atoms with van der Waals surface area (Å²) in [5, 5.41) is 21.6. The smallest absolute Gasteiger partial charge is 0.197 e. The Balaban J connectivity index is 1.40. The van der Waals surface area contributed by atoms with Crippen molar-refractivity contribution < 1.29 is 29.2 Å². The summed E-state index contributed by atoms with van der Waals surface area (Å²) in [6.07, 6.45) is -4.96. The standard InChI is InChI=1S/C28H32O6/c1-18(2)22-11-7-8-12-23(22)33-27-26(30)25(29)24(34-28(27)31-3)17-32-21-15-13-20(14-16-21)19-9-5-4-6-10-19/h4-16,18,24-30H,17H2,1-3H3/t24-,25-,26+,27-,28+/m1/s1. The first-order valence-electron chi connectivity index (χ1n) is 11.6. The Labute approximate surface area is 200 Å². The highest BCUT2D eigenvalue weighted by Crippen LogP contribution is 2.31. The number of rotatable bonds is 8. The maximum atomic E-state index is 10.9. The molecule has 34 heavy (non-hydrogen) atoms. The van der Waals surface area contributed by atoms with Crippen molar-refractivity contribution in [2.75, 3.05) is 13.7 Å². The van der Waals surface area contributed by atoms with Crippen LogP contribution in [0, 0.1) is 0 Å². The molecular weight excluding hydrogens is 432 g/mol. The molecule has 6 nitrogen and oxygen atoms in total. The molecule has 0 amide bonds. The maximum absolute atomic E-state index is 10.9. The number of benzene rings is 3. The SMILES string of the molecule is CO[C@H]1O[C@H](COc2ccc(-c3ccccc3)cc2)[C@@H](O)[C@H](O)[C@H]1Oc1ccccc1C(C)C. The summed E-state index contributed by atoms with van der Waals surface area (Å²) in [5.74, 6) is 1.51. The second-order valence-corrected chi connectivity index (χ2v) is 8.74. The molecular formula is C28H32O6. The molecule has 1 fully saturated rings. The average Bonchev–Trinajstić information content (AvgIpc) is 2.87. The van der Waals surface area contributed by atoms with Crippen LogP contribution in [0.3, 0.4) is 0 Å². The van der Waals surface area contributed by atoms with Crippen LogP contribution in [0.25, 0.3) is 11.1 Å². The summed E-state index contributed by atoms with van der Waals surface area (Å²) in [6.45, 7) is 4.19. The van der Waals surface area contributed by atoms with E-state index in [1.54, 1.807) is 0 Å². The zero-order chi connectivity index (χ0) is 24.1. The third-order valence-electron chi connectivity index (χ3n) is 6.06. The van der Waals surface area contributed by atoms with Crippen LogP contribution in [0.2, 0.25) is 0 Å². The third kappa shape index (κ3) is 5.42. The number of methoxy groups -OCH3 is 1. The molecule has 0 aromatic heterocycles. The van der Waals surface area contributed by atoms with Gasteiger partial charge < -0.3 is 29.2 Å². The van der Waals surface area contributed by atoms with Crippen LogP contribution >= 0.6 is 0 Å². The predicted molar refractivity (Wildman–Crippen MR) is 130 cm³/mol. The van der Waals surface area contributed by atoms with E-state index in [0.717, 1.165) is 16.7 Å². The highest BCUT2D eigenvalue weighted by atomic mass is 16.7. The molecule has 0 spiro atoms. The zero-order valence-electron chi connectivity index (χ0n) is 19.7. The quantitative estimate of drug-likeness (QED) is 0.515. The minimum Gasteiger partial charge on any atom is -0.491 e. The van der Waals surface area contributed by atoms with Crippen molar-refractivity contribution in [2.45, 2.75) is 50.5 Å². The van der Waals surface area contributed by atoms with Gasteiger partial charge in [0.1, 0.15) is 36.4 Å². The summed E-state index contributed by atoms with van der Waals surface area (Å²) in [7, 11) is 1.49. The summed E-state index contributed by atoms with van der Waals surface area (Å²) in [4.78, 5) is 0. The lowest BCUT2D eigenvalue weighted by atomic mass is 9.98. The monoisotopic (exact) mass is 464 g/mol. The second kappa shape index (κ2) is 11.0.